The van der Waals surface area contributed by atoms with E-state index >= 15 is 0 Å². The van der Waals surface area contributed by atoms with Gasteiger partial charge in [0.1, 0.15) is 0 Å². The molecular weight excluding hydrogens is 208 g/mol. The second-order valence-corrected chi connectivity index (χ2v) is 5.65. The highest BCUT2D eigenvalue weighted by Gasteiger charge is 2.26. The lowest BCUT2D eigenvalue weighted by Gasteiger charge is -2.29. The van der Waals surface area contributed by atoms with Crippen LogP contribution in [-0.2, 0) is 6.54 Å². The molecule has 2 fully saturated rings. The van der Waals surface area contributed by atoms with Crippen molar-refractivity contribution in [3.63, 3.8) is 0 Å². The maximum Gasteiger partial charge on any atom is 0.0233 e. The van der Waals surface area contributed by atoms with Crippen LogP contribution in [0.5, 0.6) is 0 Å². The van der Waals surface area contributed by atoms with Crippen molar-refractivity contribution in [3.05, 3.63) is 35.9 Å². The zero-order chi connectivity index (χ0) is 11.5. The summed E-state index contributed by atoms with van der Waals surface area (Å²) in [5.74, 6) is 1.73. The van der Waals surface area contributed by atoms with Crippen LogP contribution in [-0.4, -0.2) is 31.1 Å². The molecule has 2 bridgehead atoms. The summed E-state index contributed by atoms with van der Waals surface area (Å²) in [5, 5.41) is 3.61. The number of benzene rings is 1. The average Bonchev–Trinajstić information content (AvgIpc) is 2.64. The quantitative estimate of drug-likeness (QED) is 0.837. The zero-order valence-electron chi connectivity index (χ0n) is 10.4. The molecule has 0 radical (unpaired) electrons. The first-order chi connectivity index (χ1) is 8.40. The topological polar surface area (TPSA) is 15.3 Å². The lowest BCUT2D eigenvalue weighted by molar-refractivity contribution is 0.199. The molecule has 1 aromatic rings. The lowest BCUT2D eigenvalue weighted by Crippen LogP contribution is -2.40. The van der Waals surface area contributed by atoms with E-state index in [2.05, 4.69) is 40.5 Å². The minimum Gasteiger partial charge on any atom is -0.316 e. The van der Waals surface area contributed by atoms with E-state index in [4.69, 9.17) is 0 Å². The third kappa shape index (κ3) is 2.88. The highest BCUT2D eigenvalue weighted by atomic mass is 15.1. The van der Waals surface area contributed by atoms with E-state index in [0.717, 1.165) is 18.4 Å². The number of nitrogens with one attached hydrogen (secondary N) is 1. The third-order valence-electron chi connectivity index (χ3n) is 4.13. The molecule has 2 nitrogen and oxygen atoms in total. The Hall–Kier alpha value is -0.860. The number of likely N-dealkylation sites (tertiary alicyclic amines) is 1. The van der Waals surface area contributed by atoms with E-state index in [1.54, 1.807) is 0 Å². The summed E-state index contributed by atoms with van der Waals surface area (Å²) in [6.45, 7) is 6.13. The fraction of sp³-hybridized carbons (Fsp3) is 0.600. The number of rotatable bonds is 2. The van der Waals surface area contributed by atoms with Crippen LogP contribution in [0, 0.1) is 11.8 Å². The highest BCUT2D eigenvalue weighted by molar-refractivity contribution is 5.14. The molecule has 2 heteroatoms. The van der Waals surface area contributed by atoms with Gasteiger partial charge in [-0.25, -0.2) is 0 Å². The smallest absolute Gasteiger partial charge is 0.0233 e. The summed E-state index contributed by atoms with van der Waals surface area (Å²) >= 11 is 0. The molecule has 2 atom stereocenters. The van der Waals surface area contributed by atoms with Crippen molar-refractivity contribution in [3.8, 4) is 0 Å². The van der Waals surface area contributed by atoms with Crippen molar-refractivity contribution in [2.75, 3.05) is 26.2 Å². The highest BCUT2D eigenvalue weighted by Crippen LogP contribution is 2.24. The van der Waals surface area contributed by atoms with Gasteiger partial charge in [-0.2, -0.15) is 0 Å². The number of fused-ring (bicyclic) bond motifs is 3. The van der Waals surface area contributed by atoms with Gasteiger partial charge in [-0.1, -0.05) is 30.3 Å². The minimum atomic E-state index is 0.867. The van der Waals surface area contributed by atoms with E-state index in [0.29, 0.717) is 0 Å². The monoisotopic (exact) mass is 230 g/mol. The van der Waals surface area contributed by atoms with Gasteiger partial charge < -0.3 is 5.32 Å². The molecule has 0 aliphatic carbocycles. The standard InChI is InChI=1S/C15H22N2/c1-2-4-13(5-3-1)10-17-11-14-6-7-15(12-17)9-16-8-14/h1-5,14-16H,6-12H2. The Morgan fingerprint density at radius 1 is 1.00 bits per heavy atom. The predicted molar refractivity (Wildman–Crippen MR) is 70.8 cm³/mol. The minimum absolute atomic E-state index is 0.867. The second-order valence-electron chi connectivity index (χ2n) is 5.65. The van der Waals surface area contributed by atoms with Gasteiger partial charge in [-0.15, -0.1) is 0 Å². The first-order valence-corrected chi connectivity index (χ1v) is 6.87. The molecule has 1 aromatic carbocycles. The average molecular weight is 230 g/mol. The molecule has 0 amide bonds. The maximum absolute atomic E-state index is 3.61. The fourth-order valence-electron chi connectivity index (χ4n) is 3.25. The lowest BCUT2D eigenvalue weighted by atomic mass is 10.0. The summed E-state index contributed by atoms with van der Waals surface area (Å²) in [7, 11) is 0. The van der Waals surface area contributed by atoms with Gasteiger partial charge in [0.2, 0.25) is 0 Å². The molecule has 0 saturated carbocycles. The van der Waals surface area contributed by atoms with Crippen LogP contribution in [0.3, 0.4) is 0 Å². The fourth-order valence-corrected chi connectivity index (χ4v) is 3.25. The van der Waals surface area contributed by atoms with E-state index < -0.39 is 0 Å². The summed E-state index contributed by atoms with van der Waals surface area (Å²) < 4.78 is 0. The normalized spacial score (nSPS) is 29.9. The van der Waals surface area contributed by atoms with Gasteiger partial charge in [0.25, 0.3) is 0 Å². The van der Waals surface area contributed by atoms with Crippen LogP contribution in [0.4, 0.5) is 0 Å². The Labute approximate surface area is 104 Å². The maximum atomic E-state index is 3.61. The van der Waals surface area contributed by atoms with Gasteiger partial charge in [0.15, 0.2) is 0 Å². The molecule has 2 aliphatic rings. The number of hydrogen-bond acceptors (Lipinski definition) is 2. The van der Waals surface area contributed by atoms with Gasteiger partial charge in [-0.3, -0.25) is 4.90 Å². The molecule has 2 aliphatic heterocycles. The molecule has 17 heavy (non-hydrogen) atoms. The Kier molecular flexibility index (Phi) is 3.44. The largest absolute Gasteiger partial charge is 0.316 e. The van der Waals surface area contributed by atoms with Crippen LogP contribution in [0.15, 0.2) is 30.3 Å². The summed E-state index contributed by atoms with van der Waals surface area (Å²) in [6.07, 6.45) is 2.84. The number of hydrogen-bond donors (Lipinski definition) is 1. The molecule has 1 N–H and O–H groups in total. The second kappa shape index (κ2) is 5.19. The molecule has 2 heterocycles. The van der Waals surface area contributed by atoms with E-state index in [-0.39, 0.29) is 0 Å². The Balaban J connectivity index is 1.67. The molecule has 0 aromatic heterocycles. The van der Waals surface area contributed by atoms with Gasteiger partial charge in [0.05, 0.1) is 0 Å². The summed E-state index contributed by atoms with van der Waals surface area (Å²) in [4.78, 5) is 2.67. The van der Waals surface area contributed by atoms with E-state index in [9.17, 15) is 0 Å². The van der Waals surface area contributed by atoms with Crippen LogP contribution < -0.4 is 5.32 Å². The first-order valence-electron chi connectivity index (χ1n) is 6.87. The Bertz CT molecular complexity index is 335. The number of nitrogens with zero attached hydrogens (tertiary/aromatic N) is 1. The Morgan fingerprint density at radius 3 is 2.29 bits per heavy atom. The van der Waals surface area contributed by atoms with Gasteiger partial charge in [0, 0.05) is 19.6 Å². The van der Waals surface area contributed by atoms with Crippen LogP contribution in [0.2, 0.25) is 0 Å². The summed E-state index contributed by atoms with van der Waals surface area (Å²) in [6, 6.07) is 10.9. The van der Waals surface area contributed by atoms with Crippen LogP contribution >= 0.6 is 0 Å². The van der Waals surface area contributed by atoms with Crippen molar-refractivity contribution < 1.29 is 0 Å². The first kappa shape index (κ1) is 11.2. The van der Waals surface area contributed by atoms with Gasteiger partial charge in [-0.05, 0) is 43.3 Å². The van der Waals surface area contributed by atoms with E-state index in [1.165, 1.54) is 44.6 Å². The molecule has 0 spiro atoms. The van der Waals surface area contributed by atoms with Crippen LogP contribution in [0.25, 0.3) is 0 Å². The Morgan fingerprint density at radius 2 is 1.65 bits per heavy atom. The van der Waals surface area contributed by atoms with Crippen molar-refractivity contribution in [1.29, 1.82) is 0 Å². The molecular formula is C15H22N2. The molecule has 2 unspecified atom stereocenters. The van der Waals surface area contributed by atoms with Crippen molar-refractivity contribution in [2.24, 2.45) is 11.8 Å². The SMILES string of the molecule is c1ccc(CN2CC3CCC(CNC3)C2)cc1. The van der Waals surface area contributed by atoms with E-state index in [1.807, 2.05) is 0 Å². The zero-order valence-corrected chi connectivity index (χ0v) is 10.4. The molecule has 92 valence electrons. The van der Waals surface area contributed by atoms with Crippen LogP contribution in [0.1, 0.15) is 18.4 Å². The predicted octanol–water partition coefficient (Wildman–Crippen LogP) is 2.12. The van der Waals surface area contributed by atoms with Gasteiger partial charge >= 0.3 is 0 Å². The molecule has 2 saturated heterocycles. The third-order valence-corrected chi connectivity index (χ3v) is 4.13. The van der Waals surface area contributed by atoms with Crippen molar-refractivity contribution in [2.45, 2.75) is 19.4 Å². The molecule has 3 rings (SSSR count). The summed E-state index contributed by atoms with van der Waals surface area (Å²) in [5.41, 5.74) is 1.46. The van der Waals surface area contributed by atoms with Crippen molar-refractivity contribution in [1.82, 2.24) is 10.2 Å². The van der Waals surface area contributed by atoms with Crippen molar-refractivity contribution >= 4 is 0 Å².